The van der Waals surface area contributed by atoms with Crippen LogP contribution in [0.3, 0.4) is 0 Å². The zero-order valence-corrected chi connectivity index (χ0v) is 15.9. The Morgan fingerprint density at radius 3 is 2.81 bits per heavy atom. The average molecular weight is 368 g/mol. The number of para-hydroxylation sites is 1. The van der Waals surface area contributed by atoms with E-state index in [1.807, 2.05) is 28.9 Å². The molecule has 0 radical (unpaired) electrons. The molecule has 2 aromatic rings. The number of nitrogens with zero attached hydrogens (tertiary/aromatic N) is 3. The number of aromatic nitrogens is 2. The van der Waals surface area contributed by atoms with E-state index in [-0.39, 0.29) is 11.9 Å². The Morgan fingerprint density at radius 1 is 1.19 bits per heavy atom. The number of carbonyl (C=O) groups excluding carboxylic acids is 1. The largest absolute Gasteiger partial charge is 0.496 e. The Morgan fingerprint density at radius 2 is 2.00 bits per heavy atom. The fraction of sp³-hybridized carbons (Fsp3) is 0.524. The highest BCUT2D eigenvalue weighted by Gasteiger charge is 2.30. The molecule has 1 N–H and O–H groups in total. The van der Waals surface area contributed by atoms with Gasteiger partial charge in [-0.2, -0.15) is 5.10 Å². The summed E-state index contributed by atoms with van der Waals surface area (Å²) in [5, 5.41) is 7.52. The van der Waals surface area contributed by atoms with Gasteiger partial charge in [0.15, 0.2) is 0 Å². The van der Waals surface area contributed by atoms with E-state index < -0.39 is 0 Å². The minimum absolute atomic E-state index is 0.0246. The van der Waals surface area contributed by atoms with Gasteiger partial charge in [0.2, 0.25) is 5.91 Å². The van der Waals surface area contributed by atoms with Crippen LogP contribution < -0.4 is 10.1 Å². The molecule has 1 aromatic carbocycles. The fourth-order valence-electron chi connectivity index (χ4n) is 4.53. The van der Waals surface area contributed by atoms with Crippen molar-refractivity contribution in [1.29, 1.82) is 0 Å². The predicted octanol–water partition coefficient (Wildman–Crippen LogP) is 3.78. The summed E-state index contributed by atoms with van der Waals surface area (Å²) >= 11 is 0. The number of likely N-dealkylation sites (tertiary alicyclic amines) is 1. The molecule has 0 bridgehead atoms. The molecule has 6 heteroatoms. The molecular weight excluding hydrogens is 340 g/mol. The van der Waals surface area contributed by atoms with Gasteiger partial charge in [-0.05, 0) is 38.3 Å². The molecule has 1 amide bonds. The minimum atomic E-state index is 0.0246. The number of rotatable bonds is 6. The second-order valence-corrected chi connectivity index (χ2v) is 7.52. The highest BCUT2D eigenvalue weighted by molar-refractivity contribution is 5.91. The lowest BCUT2D eigenvalue weighted by Crippen LogP contribution is -2.33. The van der Waals surface area contributed by atoms with Crippen molar-refractivity contribution < 1.29 is 9.53 Å². The molecule has 1 saturated carbocycles. The topological polar surface area (TPSA) is 59.4 Å². The van der Waals surface area contributed by atoms with Gasteiger partial charge in [0.05, 0.1) is 25.9 Å². The van der Waals surface area contributed by atoms with Gasteiger partial charge in [-0.15, -0.1) is 0 Å². The van der Waals surface area contributed by atoms with Crippen LogP contribution >= 0.6 is 0 Å². The Hall–Kier alpha value is -2.34. The van der Waals surface area contributed by atoms with Crippen LogP contribution in [0.2, 0.25) is 0 Å². The fourth-order valence-corrected chi connectivity index (χ4v) is 4.53. The lowest BCUT2D eigenvalue weighted by atomic mass is 10.0. The number of nitrogens with one attached hydrogen (secondary N) is 1. The highest BCUT2D eigenvalue weighted by Crippen LogP contribution is 2.36. The van der Waals surface area contributed by atoms with Gasteiger partial charge in [0.25, 0.3) is 0 Å². The molecule has 0 unspecified atom stereocenters. The number of hydrogen-bond acceptors (Lipinski definition) is 4. The summed E-state index contributed by atoms with van der Waals surface area (Å²) in [6, 6.07) is 10.7. The molecule has 4 rings (SSSR count). The van der Waals surface area contributed by atoms with Gasteiger partial charge >= 0.3 is 0 Å². The monoisotopic (exact) mass is 368 g/mol. The predicted molar refractivity (Wildman–Crippen MR) is 105 cm³/mol. The number of amides is 1. The van der Waals surface area contributed by atoms with Gasteiger partial charge < -0.3 is 10.1 Å². The van der Waals surface area contributed by atoms with Crippen molar-refractivity contribution >= 4 is 11.7 Å². The van der Waals surface area contributed by atoms with Crippen LogP contribution in [0.15, 0.2) is 36.5 Å². The van der Waals surface area contributed by atoms with E-state index in [4.69, 9.17) is 4.74 Å². The number of carbonyl (C=O) groups is 1. The maximum atomic E-state index is 12.7. The molecule has 6 nitrogen and oxygen atoms in total. The summed E-state index contributed by atoms with van der Waals surface area (Å²) in [5.74, 6) is 1.74. The van der Waals surface area contributed by atoms with E-state index in [2.05, 4.69) is 21.4 Å². The molecule has 1 aliphatic heterocycles. The quantitative estimate of drug-likeness (QED) is 0.843. The normalized spacial score (nSPS) is 20.9. The summed E-state index contributed by atoms with van der Waals surface area (Å²) in [5.41, 5.74) is 1.17. The van der Waals surface area contributed by atoms with Crippen molar-refractivity contribution in [2.75, 3.05) is 25.5 Å². The van der Waals surface area contributed by atoms with E-state index in [1.165, 1.54) is 18.4 Å². The SMILES string of the molecule is COc1ccccc1[C@H]1CCCN1CC(=O)Nc1ccnn1C1CCCC1. The standard InChI is InChI=1S/C21H28N4O2/c1-27-19-11-5-4-9-17(19)18-10-6-14-24(18)15-21(26)23-20-12-13-22-25(20)16-7-2-3-8-16/h4-5,9,11-13,16,18H,2-3,6-8,10,14-15H2,1H3,(H,23,26)/t18-/m1/s1. The van der Waals surface area contributed by atoms with Gasteiger partial charge in [-0.3, -0.25) is 9.69 Å². The minimum Gasteiger partial charge on any atom is -0.496 e. The zero-order valence-electron chi connectivity index (χ0n) is 15.9. The van der Waals surface area contributed by atoms with E-state index >= 15 is 0 Å². The molecule has 1 atom stereocenters. The third-order valence-corrected chi connectivity index (χ3v) is 5.82. The molecular formula is C21H28N4O2. The molecule has 2 aliphatic rings. The maximum Gasteiger partial charge on any atom is 0.239 e. The molecule has 1 aromatic heterocycles. The average Bonchev–Trinajstić information content (AvgIpc) is 3.43. The lowest BCUT2D eigenvalue weighted by molar-refractivity contribution is -0.117. The summed E-state index contributed by atoms with van der Waals surface area (Å²) in [6.45, 7) is 1.32. The lowest BCUT2D eigenvalue weighted by Gasteiger charge is -2.25. The third kappa shape index (κ3) is 3.86. The first-order chi connectivity index (χ1) is 13.3. The van der Waals surface area contributed by atoms with E-state index in [0.29, 0.717) is 12.6 Å². The Kier molecular flexibility index (Phi) is 5.43. The van der Waals surface area contributed by atoms with Gasteiger partial charge in [0.1, 0.15) is 11.6 Å². The van der Waals surface area contributed by atoms with E-state index in [9.17, 15) is 4.79 Å². The highest BCUT2D eigenvalue weighted by atomic mass is 16.5. The number of benzene rings is 1. The van der Waals surface area contributed by atoms with Crippen molar-refractivity contribution in [2.24, 2.45) is 0 Å². The Balaban J connectivity index is 1.43. The van der Waals surface area contributed by atoms with E-state index in [0.717, 1.165) is 43.8 Å². The zero-order chi connectivity index (χ0) is 18.6. The van der Waals surface area contributed by atoms with Crippen LogP contribution in [-0.2, 0) is 4.79 Å². The third-order valence-electron chi connectivity index (χ3n) is 5.82. The van der Waals surface area contributed by atoms with Crippen LogP contribution in [0.25, 0.3) is 0 Å². The van der Waals surface area contributed by atoms with Crippen molar-refractivity contribution in [2.45, 2.75) is 50.6 Å². The molecule has 1 saturated heterocycles. The van der Waals surface area contributed by atoms with Crippen LogP contribution in [0.4, 0.5) is 5.82 Å². The molecule has 2 heterocycles. The molecule has 0 spiro atoms. The first kappa shape index (κ1) is 18.0. The summed E-state index contributed by atoms with van der Waals surface area (Å²) in [4.78, 5) is 15.0. The maximum absolute atomic E-state index is 12.7. The summed E-state index contributed by atoms with van der Waals surface area (Å²) in [7, 11) is 1.70. The van der Waals surface area contributed by atoms with Crippen LogP contribution in [0.1, 0.15) is 56.2 Å². The Bertz CT molecular complexity index is 782. The van der Waals surface area contributed by atoms with Crippen molar-refractivity contribution in [3.63, 3.8) is 0 Å². The summed E-state index contributed by atoms with van der Waals surface area (Å²) < 4.78 is 7.52. The second kappa shape index (κ2) is 8.13. The van der Waals surface area contributed by atoms with Crippen molar-refractivity contribution in [3.05, 3.63) is 42.1 Å². The van der Waals surface area contributed by atoms with Crippen LogP contribution in [-0.4, -0.2) is 40.8 Å². The summed E-state index contributed by atoms with van der Waals surface area (Å²) in [6.07, 6.45) is 8.70. The number of methoxy groups -OCH3 is 1. The molecule has 2 fully saturated rings. The molecule has 144 valence electrons. The number of ether oxygens (including phenoxy) is 1. The number of anilines is 1. The van der Waals surface area contributed by atoms with Gasteiger partial charge in [0, 0.05) is 17.7 Å². The van der Waals surface area contributed by atoms with Crippen molar-refractivity contribution in [1.82, 2.24) is 14.7 Å². The van der Waals surface area contributed by atoms with Gasteiger partial charge in [-0.25, -0.2) is 4.68 Å². The first-order valence-corrected chi connectivity index (χ1v) is 9.96. The molecule has 1 aliphatic carbocycles. The smallest absolute Gasteiger partial charge is 0.239 e. The van der Waals surface area contributed by atoms with Crippen LogP contribution in [0.5, 0.6) is 5.75 Å². The first-order valence-electron chi connectivity index (χ1n) is 9.96. The van der Waals surface area contributed by atoms with Crippen LogP contribution in [0, 0.1) is 0 Å². The second-order valence-electron chi connectivity index (χ2n) is 7.52. The molecule has 27 heavy (non-hydrogen) atoms. The Labute approximate surface area is 160 Å². The van der Waals surface area contributed by atoms with E-state index in [1.54, 1.807) is 13.3 Å². The van der Waals surface area contributed by atoms with Gasteiger partial charge in [-0.1, -0.05) is 31.0 Å². The van der Waals surface area contributed by atoms with Crippen molar-refractivity contribution in [3.8, 4) is 5.75 Å². The number of hydrogen-bond donors (Lipinski definition) is 1.